The van der Waals surface area contributed by atoms with Crippen molar-refractivity contribution in [2.75, 3.05) is 13.2 Å². The average molecular weight is 417 g/mol. The van der Waals surface area contributed by atoms with E-state index in [0.717, 1.165) is 0 Å². The number of nitrogens with one attached hydrogen (secondary N) is 2. The van der Waals surface area contributed by atoms with Crippen molar-refractivity contribution < 1.29 is 28.3 Å². The van der Waals surface area contributed by atoms with Gasteiger partial charge in [-0.3, -0.25) is 4.79 Å². The number of hydrogen-bond acceptors (Lipinski definition) is 6. The first-order chi connectivity index (χ1) is 12.7. The first-order valence-electron chi connectivity index (χ1n) is 8.25. The van der Waals surface area contributed by atoms with E-state index in [2.05, 4.69) is 10.6 Å². The van der Waals surface area contributed by atoms with Crippen molar-refractivity contribution in [3.05, 3.63) is 35.4 Å². The maximum atomic E-state index is 12.5. The Kier molecular flexibility index (Phi) is 5.14. The van der Waals surface area contributed by atoms with E-state index >= 15 is 0 Å². The van der Waals surface area contributed by atoms with E-state index in [1.165, 1.54) is 6.26 Å². The maximum Gasteiger partial charge on any atom is 0.338 e. The van der Waals surface area contributed by atoms with E-state index in [4.69, 9.17) is 37.1 Å². The number of hydrogen-bond donors (Lipinski definition) is 2. The van der Waals surface area contributed by atoms with Gasteiger partial charge in [0.2, 0.25) is 0 Å². The van der Waals surface area contributed by atoms with Crippen molar-refractivity contribution >= 4 is 41.2 Å². The lowest BCUT2D eigenvalue weighted by molar-refractivity contribution is -0.149. The van der Waals surface area contributed by atoms with Gasteiger partial charge in [-0.2, -0.15) is 0 Å². The minimum absolute atomic E-state index is 0.0863. The summed E-state index contributed by atoms with van der Waals surface area (Å²) in [5.74, 6) is -0.948. The smallest absolute Gasteiger partial charge is 0.338 e. The highest BCUT2D eigenvalue weighted by molar-refractivity contribution is 6.53. The summed E-state index contributed by atoms with van der Waals surface area (Å²) >= 11 is 12.0. The van der Waals surface area contributed by atoms with E-state index in [9.17, 15) is 14.4 Å². The Labute approximate surface area is 165 Å². The minimum atomic E-state index is -1.18. The molecule has 2 amide bonds. The molecule has 1 saturated carbocycles. The summed E-state index contributed by atoms with van der Waals surface area (Å²) in [6, 6.07) is 1.79. The number of carbonyl (C=O) groups excluding carboxylic acids is 3. The van der Waals surface area contributed by atoms with Crippen LogP contribution in [0.4, 0.5) is 4.79 Å². The molecular formula is C17H18Cl2N2O6. The molecule has 0 aromatic carbocycles. The molecule has 0 radical (unpaired) electrons. The highest BCUT2D eigenvalue weighted by Crippen LogP contribution is 2.64. The summed E-state index contributed by atoms with van der Waals surface area (Å²) in [6.07, 6.45) is 1.68. The van der Waals surface area contributed by atoms with Crippen LogP contribution >= 0.6 is 23.2 Å². The SMILES string of the molecule is CCOC(=O)C1=C(COC(=O)[C@]2(C)CC2(Cl)Cl)NC(=O)N[C@H]1c1ccco1. The van der Waals surface area contributed by atoms with Crippen molar-refractivity contribution in [3.8, 4) is 0 Å². The van der Waals surface area contributed by atoms with E-state index in [0.29, 0.717) is 5.76 Å². The Balaban J connectivity index is 1.87. The fourth-order valence-electron chi connectivity index (χ4n) is 2.77. The van der Waals surface area contributed by atoms with E-state index in [-0.39, 0.29) is 30.9 Å². The molecule has 10 heteroatoms. The molecule has 1 aliphatic carbocycles. The number of alkyl halides is 2. The standard InChI is InChI=1S/C17H18Cl2N2O6/c1-3-25-13(22)11-9(7-27-14(23)16(2)8-17(16,18)19)20-15(24)21-12(11)10-5-4-6-26-10/h4-6,12H,3,7-8H2,1-2H3,(H2,20,21,24)/t12-,16-/m0/s1. The topological polar surface area (TPSA) is 107 Å². The third kappa shape index (κ3) is 3.64. The van der Waals surface area contributed by atoms with Crippen LogP contribution in [-0.4, -0.2) is 35.5 Å². The molecule has 0 spiro atoms. The number of furan rings is 1. The van der Waals surface area contributed by atoms with Gasteiger partial charge < -0.3 is 24.5 Å². The second-order valence-corrected chi connectivity index (χ2v) is 7.93. The number of carbonyl (C=O) groups is 3. The lowest BCUT2D eigenvalue weighted by Crippen LogP contribution is -2.47. The highest BCUT2D eigenvalue weighted by atomic mass is 35.5. The van der Waals surface area contributed by atoms with Crippen molar-refractivity contribution in [2.24, 2.45) is 5.41 Å². The number of halogens is 2. The quantitative estimate of drug-likeness (QED) is 0.544. The van der Waals surface area contributed by atoms with Gasteiger partial charge in [-0.1, -0.05) is 0 Å². The summed E-state index contributed by atoms with van der Waals surface area (Å²) in [5, 5.41) is 5.09. The zero-order chi connectivity index (χ0) is 19.8. The highest BCUT2D eigenvalue weighted by Gasteiger charge is 2.69. The number of urea groups is 1. The van der Waals surface area contributed by atoms with Gasteiger partial charge in [-0.25, -0.2) is 9.59 Å². The Morgan fingerprint density at radius 2 is 2.07 bits per heavy atom. The molecule has 2 aliphatic rings. The van der Waals surface area contributed by atoms with Crippen LogP contribution in [0.25, 0.3) is 0 Å². The second-order valence-electron chi connectivity index (χ2n) is 6.45. The van der Waals surface area contributed by atoms with Crippen LogP contribution in [0.3, 0.4) is 0 Å². The molecule has 0 unspecified atom stereocenters. The number of ether oxygens (including phenoxy) is 2. The predicted molar refractivity (Wildman–Crippen MR) is 94.9 cm³/mol. The van der Waals surface area contributed by atoms with Crippen LogP contribution in [0.2, 0.25) is 0 Å². The monoisotopic (exact) mass is 416 g/mol. The van der Waals surface area contributed by atoms with E-state index < -0.39 is 33.8 Å². The van der Waals surface area contributed by atoms with Crippen LogP contribution in [-0.2, 0) is 19.1 Å². The van der Waals surface area contributed by atoms with Gasteiger partial charge in [-0.15, -0.1) is 23.2 Å². The second kappa shape index (κ2) is 7.09. The Morgan fingerprint density at radius 3 is 2.63 bits per heavy atom. The van der Waals surface area contributed by atoms with Gasteiger partial charge >= 0.3 is 18.0 Å². The summed E-state index contributed by atoms with van der Waals surface area (Å²) in [6.45, 7) is 3.02. The zero-order valence-corrected chi connectivity index (χ0v) is 16.1. The Bertz CT molecular complexity index is 804. The molecule has 2 atom stereocenters. The first kappa shape index (κ1) is 19.6. The van der Waals surface area contributed by atoms with Gasteiger partial charge in [0.05, 0.1) is 24.1 Å². The molecule has 0 bridgehead atoms. The molecule has 2 N–H and O–H groups in total. The van der Waals surface area contributed by atoms with Crippen molar-refractivity contribution in [2.45, 2.75) is 30.6 Å². The summed E-state index contributed by atoms with van der Waals surface area (Å²) in [4.78, 5) is 36.8. The maximum absolute atomic E-state index is 12.5. The number of rotatable bonds is 6. The molecule has 1 aromatic rings. The van der Waals surface area contributed by atoms with Gasteiger partial charge in [0.1, 0.15) is 28.2 Å². The van der Waals surface area contributed by atoms with Crippen LogP contribution in [0, 0.1) is 5.41 Å². The van der Waals surface area contributed by atoms with Crippen molar-refractivity contribution in [1.82, 2.24) is 10.6 Å². The molecule has 1 fully saturated rings. The van der Waals surface area contributed by atoms with Gasteiger partial charge in [0.25, 0.3) is 0 Å². The lowest BCUT2D eigenvalue weighted by atomic mass is 10.0. The number of amides is 2. The van der Waals surface area contributed by atoms with Gasteiger partial charge in [0.15, 0.2) is 0 Å². The molecule has 3 rings (SSSR count). The molecular weight excluding hydrogens is 399 g/mol. The molecule has 8 nitrogen and oxygen atoms in total. The Hall–Kier alpha value is -2.19. The third-order valence-electron chi connectivity index (χ3n) is 4.53. The van der Waals surface area contributed by atoms with Crippen LogP contribution in [0.15, 0.2) is 34.1 Å². The van der Waals surface area contributed by atoms with Gasteiger partial charge in [-0.05, 0) is 26.0 Å². The number of esters is 2. The third-order valence-corrected chi connectivity index (χ3v) is 5.63. The molecule has 1 aliphatic heterocycles. The average Bonchev–Trinajstić information content (AvgIpc) is 2.97. The minimum Gasteiger partial charge on any atom is -0.467 e. The molecule has 1 aromatic heterocycles. The lowest BCUT2D eigenvalue weighted by Gasteiger charge is -2.27. The molecule has 2 heterocycles. The normalized spacial score (nSPS) is 26.1. The van der Waals surface area contributed by atoms with E-state index in [1.54, 1.807) is 26.0 Å². The van der Waals surface area contributed by atoms with Crippen molar-refractivity contribution in [3.63, 3.8) is 0 Å². The van der Waals surface area contributed by atoms with Crippen LogP contribution in [0.5, 0.6) is 0 Å². The summed E-state index contributed by atoms with van der Waals surface area (Å²) < 4.78 is 14.5. The summed E-state index contributed by atoms with van der Waals surface area (Å²) in [5.41, 5.74) is -0.841. The first-order valence-corrected chi connectivity index (χ1v) is 9.01. The fraction of sp³-hybridized carbons (Fsp3) is 0.471. The van der Waals surface area contributed by atoms with Gasteiger partial charge in [0, 0.05) is 6.42 Å². The predicted octanol–water partition coefficient (Wildman–Crippen LogP) is 2.58. The molecule has 0 saturated heterocycles. The summed E-state index contributed by atoms with van der Waals surface area (Å²) in [7, 11) is 0. The fourth-order valence-corrected chi connectivity index (χ4v) is 3.46. The Morgan fingerprint density at radius 1 is 1.37 bits per heavy atom. The molecule has 27 heavy (non-hydrogen) atoms. The largest absolute Gasteiger partial charge is 0.467 e. The molecule has 146 valence electrons. The zero-order valence-electron chi connectivity index (χ0n) is 14.6. The van der Waals surface area contributed by atoms with Crippen LogP contribution in [0.1, 0.15) is 32.1 Å². The van der Waals surface area contributed by atoms with Crippen LogP contribution < -0.4 is 10.6 Å². The van der Waals surface area contributed by atoms with E-state index in [1.807, 2.05) is 0 Å². The van der Waals surface area contributed by atoms with Crippen molar-refractivity contribution in [1.29, 1.82) is 0 Å².